The van der Waals surface area contributed by atoms with Gasteiger partial charge in [0.1, 0.15) is 0 Å². The van der Waals surface area contributed by atoms with Crippen LogP contribution in [0.1, 0.15) is 19.4 Å². The molecule has 0 saturated heterocycles. The van der Waals surface area contributed by atoms with Crippen LogP contribution in [0, 0.1) is 6.92 Å². The third kappa shape index (κ3) is 3.56. The second-order valence-corrected chi connectivity index (χ2v) is 4.87. The van der Waals surface area contributed by atoms with Crippen LogP contribution in [0.5, 0.6) is 0 Å². The SMILES string of the molecule is CCOC(=O)N(CC)S(=O)c1ccc(C)cc1. The third-order valence-corrected chi connectivity index (χ3v) is 3.66. The van der Waals surface area contributed by atoms with Crippen LogP contribution in [0.3, 0.4) is 0 Å². The van der Waals surface area contributed by atoms with Crippen LogP contribution in [0.4, 0.5) is 4.79 Å². The molecule has 1 rings (SSSR count). The molecule has 0 bridgehead atoms. The van der Waals surface area contributed by atoms with E-state index in [0.29, 0.717) is 11.4 Å². The van der Waals surface area contributed by atoms with Crippen molar-refractivity contribution in [2.75, 3.05) is 13.2 Å². The molecular formula is C12H17NO3S. The first kappa shape index (κ1) is 13.7. The molecule has 0 N–H and O–H groups in total. The Morgan fingerprint density at radius 2 is 1.88 bits per heavy atom. The van der Waals surface area contributed by atoms with E-state index in [0.717, 1.165) is 5.56 Å². The van der Waals surface area contributed by atoms with Crippen molar-refractivity contribution in [3.8, 4) is 0 Å². The van der Waals surface area contributed by atoms with Crippen molar-refractivity contribution in [2.45, 2.75) is 25.7 Å². The minimum Gasteiger partial charge on any atom is -0.449 e. The minimum atomic E-state index is -1.50. The van der Waals surface area contributed by atoms with E-state index >= 15 is 0 Å². The summed E-state index contributed by atoms with van der Waals surface area (Å²) in [5.41, 5.74) is 1.09. The molecule has 0 aromatic heterocycles. The molecule has 0 saturated carbocycles. The standard InChI is InChI=1S/C12H17NO3S/c1-4-13(12(14)16-5-2)17(15)11-8-6-10(3)7-9-11/h6-9H,4-5H2,1-3H3. The van der Waals surface area contributed by atoms with E-state index in [1.807, 2.05) is 19.1 Å². The lowest BCUT2D eigenvalue weighted by Gasteiger charge is -2.18. The zero-order chi connectivity index (χ0) is 12.8. The van der Waals surface area contributed by atoms with E-state index in [2.05, 4.69) is 0 Å². The first-order valence-corrected chi connectivity index (χ1v) is 6.63. The summed E-state index contributed by atoms with van der Waals surface area (Å²) in [6.45, 7) is 6.07. The number of hydrogen-bond acceptors (Lipinski definition) is 3. The lowest BCUT2D eigenvalue weighted by atomic mass is 10.2. The molecule has 0 spiro atoms. The van der Waals surface area contributed by atoms with Gasteiger partial charge in [0.25, 0.3) is 0 Å². The fraction of sp³-hybridized carbons (Fsp3) is 0.417. The molecule has 0 aliphatic heterocycles. The molecule has 0 fully saturated rings. The Balaban J connectivity index is 2.86. The number of rotatable bonds is 4. The second-order valence-electron chi connectivity index (χ2n) is 3.46. The van der Waals surface area contributed by atoms with E-state index < -0.39 is 17.1 Å². The topological polar surface area (TPSA) is 46.6 Å². The van der Waals surface area contributed by atoms with E-state index in [9.17, 15) is 9.00 Å². The van der Waals surface area contributed by atoms with Crippen molar-refractivity contribution in [3.05, 3.63) is 29.8 Å². The van der Waals surface area contributed by atoms with Crippen molar-refractivity contribution < 1.29 is 13.7 Å². The van der Waals surface area contributed by atoms with Crippen molar-refractivity contribution in [1.29, 1.82) is 0 Å². The van der Waals surface area contributed by atoms with Crippen LogP contribution in [0.15, 0.2) is 29.2 Å². The first-order valence-electron chi connectivity index (χ1n) is 5.53. The van der Waals surface area contributed by atoms with Crippen molar-refractivity contribution in [3.63, 3.8) is 0 Å². The molecule has 1 atom stereocenters. The zero-order valence-corrected chi connectivity index (χ0v) is 11.1. The predicted molar refractivity (Wildman–Crippen MR) is 67.0 cm³/mol. The Labute approximate surface area is 104 Å². The van der Waals surface area contributed by atoms with Gasteiger partial charge < -0.3 is 4.74 Å². The van der Waals surface area contributed by atoms with Gasteiger partial charge in [-0.05, 0) is 32.9 Å². The van der Waals surface area contributed by atoms with Gasteiger partial charge in [-0.25, -0.2) is 13.3 Å². The lowest BCUT2D eigenvalue weighted by Crippen LogP contribution is -2.33. The van der Waals surface area contributed by atoms with Gasteiger partial charge in [-0.1, -0.05) is 17.7 Å². The molecule has 1 amide bonds. The van der Waals surface area contributed by atoms with Gasteiger partial charge in [0.2, 0.25) is 0 Å². The van der Waals surface area contributed by atoms with Crippen LogP contribution in [0.2, 0.25) is 0 Å². The average molecular weight is 255 g/mol. The maximum Gasteiger partial charge on any atom is 0.421 e. The molecule has 0 aliphatic rings. The summed E-state index contributed by atoms with van der Waals surface area (Å²) in [6.07, 6.45) is -0.547. The van der Waals surface area contributed by atoms with Crippen molar-refractivity contribution >= 4 is 17.1 Å². The van der Waals surface area contributed by atoms with Gasteiger partial charge in [0.05, 0.1) is 11.5 Å². The van der Waals surface area contributed by atoms with Crippen LogP contribution < -0.4 is 0 Å². The molecule has 1 aromatic rings. The largest absolute Gasteiger partial charge is 0.449 e. The van der Waals surface area contributed by atoms with Gasteiger partial charge in [-0.2, -0.15) is 0 Å². The normalized spacial score (nSPS) is 11.9. The number of aryl methyl sites for hydroxylation is 1. The smallest absolute Gasteiger partial charge is 0.421 e. The highest BCUT2D eigenvalue weighted by Crippen LogP contribution is 2.13. The predicted octanol–water partition coefficient (Wildman–Crippen LogP) is 2.50. The molecule has 5 heteroatoms. The number of amides is 1. The summed E-state index contributed by atoms with van der Waals surface area (Å²) < 4.78 is 18.2. The Hall–Kier alpha value is -1.36. The molecule has 0 aliphatic carbocycles. The van der Waals surface area contributed by atoms with Crippen LogP contribution in [0.25, 0.3) is 0 Å². The van der Waals surface area contributed by atoms with Crippen molar-refractivity contribution in [1.82, 2.24) is 4.31 Å². The summed E-state index contributed by atoms with van der Waals surface area (Å²) in [7, 11) is -1.50. The van der Waals surface area contributed by atoms with Gasteiger partial charge >= 0.3 is 6.09 Å². The highest BCUT2D eigenvalue weighted by atomic mass is 32.2. The van der Waals surface area contributed by atoms with Gasteiger partial charge in [-0.15, -0.1) is 0 Å². The number of benzene rings is 1. The molecule has 1 aromatic carbocycles. The third-order valence-electron chi connectivity index (χ3n) is 2.18. The maximum absolute atomic E-state index is 12.1. The van der Waals surface area contributed by atoms with Gasteiger partial charge in [0.15, 0.2) is 11.0 Å². The summed E-state index contributed by atoms with van der Waals surface area (Å²) in [5, 5.41) is 0. The molecule has 1 unspecified atom stereocenters. The van der Waals surface area contributed by atoms with Crippen molar-refractivity contribution in [2.24, 2.45) is 0 Å². The number of hydrogen-bond donors (Lipinski definition) is 0. The monoisotopic (exact) mass is 255 g/mol. The first-order chi connectivity index (χ1) is 8.10. The molecule has 0 heterocycles. The van der Waals surface area contributed by atoms with E-state index in [1.165, 1.54) is 4.31 Å². The summed E-state index contributed by atoms with van der Waals surface area (Å²) in [4.78, 5) is 12.2. The molecule has 94 valence electrons. The quantitative estimate of drug-likeness (QED) is 0.830. The van der Waals surface area contributed by atoms with E-state index in [4.69, 9.17) is 4.74 Å². The van der Waals surface area contributed by atoms with Gasteiger partial charge in [0, 0.05) is 6.54 Å². The molecular weight excluding hydrogens is 238 g/mol. The minimum absolute atomic E-state index is 0.278. The Bertz CT molecular complexity index is 403. The second kappa shape index (κ2) is 6.39. The number of ether oxygens (including phenoxy) is 1. The van der Waals surface area contributed by atoms with E-state index in [1.54, 1.807) is 26.0 Å². The van der Waals surface area contributed by atoms with Crippen LogP contribution in [-0.4, -0.2) is 27.8 Å². The Kier molecular flexibility index (Phi) is 5.15. The Morgan fingerprint density at radius 1 is 1.29 bits per heavy atom. The lowest BCUT2D eigenvalue weighted by molar-refractivity contribution is 0.133. The highest BCUT2D eigenvalue weighted by Gasteiger charge is 2.20. The maximum atomic E-state index is 12.1. The summed E-state index contributed by atoms with van der Waals surface area (Å²) >= 11 is 0. The average Bonchev–Trinajstić information content (AvgIpc) is 2.31. The van der Waals surface area contributed by atoms with Gasteiger partial charge in [-0.3, -0.25) is 0 Å². The fourth-order valence-electron chi connectivity index (χ4n) is 1.29. The fourth-order valence-corrected chi connectivity index (χ4v) is 2.34. The summed E-state index contributed by atoms with van der Waals surface area (Å²) in [5.74, 6) is 0. The summed E-state index contributed by atoms with van der Waals surface area (Å²) in [6, 6.07) is 7.25. The Morgan fingerprint density at radius 3 is 2.35 bits per heavy atom. The highest BCUT2D eigenvalue weighted by molar-refractivity contribution is 7.83. The number of nitrogens with zero attached hydrogens (tertiary/aromatic N) is 1. The number of carbonyl (C=O) groups excluding carboxylic acids is 1. The number of carbonyl (C=O) groups is 1. The van der Waals surface area contributed by atoms with E-state index in [-0.39, 0.29) is 6.61 Å². The van der Waals surface area contributed by atoms with Crippen LogP contribution in [-0.2, 0) is 15.7 Å². The molecule has 4 nitrogen and oxygen atoms in total. The zero-order valence-electron chi connectivity index (χ0n) is 10.3. The molecule has 17 heavy (non-hydrogen) atoms. The molecule has 0 radical (unpaired) electrons. The van der Waals surface area contributed by atoms with Crippen LogP contribution >= 0.6 is 0 Å².